The van der Waals surface area contributed by atoms with Crippen molar-refractivity contribution in [2.45, 2.75) is 69.2 Å². The Bertz CT molecular complexity index is 4340. The van der Waals surface area contributed by atoms with Crippen molar-refractivity contribution >= 4 is 113 Å². The Hall–Kier alpha value is -8.59. The van der Waals surface area contributed by atoms with E-state index in [2.05, 4.69) is 249 Å². The molecule has 16 rings (SSSR count). The van der Waals surface area contributed by atoms with Crippen molar-refractivity contribution in [3.63, 3.8) is 0 Å². The second-order valence-electron chi connectivity index (χ2n) is 23.8. The lowest BCUT2D eigenvalue weighted by Gasteiger charge is -2.43. The van der Waals surface area contributed by atoms with Crippen LogP contribution in [0.4, 0.5) is 34.1 Å². The zero-order valence-electron chi connectivity index (χ0n) is 46.2. The molecule has 4 aliphatic heterocycles. The normalized spacial score (nSPS) is 13.4. The van der Waals surface area contributed by atoms with Crippen molar-refractivity contribution in [1.29, 1.82) is 0 Å². The van der Waals surface area contributed by atoms with E-state index in [9.17, 15) is 0 Å². The van der Waals surface area contributed by atoms with E-state index in [4.69, 9.17) is 0 Å². The summed E-state index contributed by atoms with van der Waals surface area (Å²) in [6.07, 6.45) is 0. The molecule has 0 amide bonds. The molecule has 370 valence electrons. The number of fused-ring (bicyclic) bond motifs is 8. The summed E-state index contributed by atoms with van der Waals surface area (Å²) < 4.78 is 0. The number of hydrogen-bond acceptors (Lipinski definition) is 2. The lowest BCUT2D eigenvalue weighted by atomic mass is 9.31. The number of benzene rings is 12. The van der Waals surface area contributed by atoms with Gasteiger partial charge in [-0.15, -0.1) is 0 Å². The van der Waals surface area contributed by atoms with Crippen LogP contribution in [0.2, 0.25) is 0 Å². The van der Waals surface area contributed by atoms with E-state index in [1.165, 1.54) is 199 Å². The third-order valence-electron chi connectivity index (χ3n) is 18.4. The molecule has 12 aromatic carbocycles. The molecule has 0 saturated carbocycles. The van der Waals surface area contributed by atoms with Gasteiger partial charge in [0.1, 0.15) is 0 Å². The first kappa shape index (κ1) is 45.6. The Balaban J connectivity index is 1.15. The van der Waals surface area contributed by atoms with Gasteiger partial charge in [-0.2, -0.15) is 0 Å². The molecule has 12 aromatic rings. The van der Waals surface area contributed by atoms with E-state index in [-0.39, 0.29) is 13.4 Å². The quantitative estimate of drug-likeness (QED) is 0.128. The highest BCUT2D eigenvalue weighted by atomic mass is 15.2. The van der Waals surface area contributed by atoms with Crippen LogP contribution in [-0.2, 0) is 0 Å². The number of para-hydroxylation sites is 2. The summed E-state index contributed by atoms with van der Waals surface area (Å²) in [5.74, 6) is 0. The number of aryl methyl sites for hydroxylation is 10. The molecule has 0 aromatic heterocycles. The third-order valence-corrected chi connectivity index (χ3v) is 18.4. The molecule has 0 N–H and O–H groups in total. The van der Waals surface area contributed by atoms with E-state index >= 15 is 0 Å². The molecule has 0 aliphatic carbocycles. The summed E-state index contributed by atoms with van der Waals surface area (Å²) in [7, 11) is 0. The van der Waals surface area contributed by atoms with Crippen molar-refractivity contribution in [2.75, 3.05) is 9.80 Å². The molecule has 0 radical (unpaired) electrons. The van der Waals surface area contributed by atoms with Crippen LogP contribution in [0.3, 0.4) is 0 Å². The minimum atomic E-state index is 0.00226. The van der Waals surface area contributed by atoms with E-state index < -0.39 is 0 Å². The Morgan fingerprint density at radius 1 is 0.269 bits per heavy atom. The molecule has 0 saturated heterocycles. The second kappa shape index (κ2) is 16.0. The van der Waals surface area contributed by atoms with E-state index in [0.717, 1.165) is 0 Å². The maximum absolute atomic E-state index is 2.70. The van der Waals surface area contributed by atoms with Gasteiger partial charge in [-0.3, -0.25) is 0 Å². The standard InChI is InChI=1S/C74H58B2N2/c1-39-21-23-59-63(31-39)77(49-17-13-11-14-18-49)65-33-43(5)29-57-53-35-52(68-47(9)27-42(4)28-48(68)10)56-38-62-70-54(36-51(67-45(7)25-41(3)26-46(67)8)55-37-61(75(59)73(57)65)69(53)71(56)72(55)70)58-30-44(6)34-66-74(58)76(62)60-24-22-40(2)32-64(60)78(66)50-19-15-12-16-20-50/h11-38H,1-10H3. The molecule has 78 heavy (non-hydrogen) atoms. The molecule has 4 heterocycles. The lowest BCUT2D eigenvalue weighted by Crippen LogP contribution is -2.60. The highest BCUT2D eigenvalue weighted by Crippen LogP contribution is 2.53. The van der Waals surface area contributed by atoms with Gasteiger partial charge < -0.3 is 9.80 Å². The second-order valence-corrected chi connectivity index (χ2v) is 23.8. The topological polar surface area (TPSA) is 6.48 Å². The van der Waals surface area contributed by atoms with Crippen LogP contribution in [0, 0.1) is 69.2 Å². The molecular formula is C74H58B2N2. The molecule has 4 heteroatoms. The zero-order chi connectivity index (χ0) is 52.9. The van der Waals surface area contributed by atoms with Crippen molar-refractivity contribution in [3.05, 3.63) is 225 Å². The number of anilines is 6. The summed E-state index contributed by atoms with van der Waals surface area (Å²) in [6.45, 7) is 23.0. The van der Waals surface area contributed by atoms with Gasteiger partial charge in [-0.25, -0.2) is 0 Å². The van der Waals surface area contributed by atoms with E-state index in [0.29, 0.717) is 0 Å². The van der Waals surface area contributed by atoms with Crippen molar-refractivity contribution < 1.29 is 0 Å². The van der Waals surface area contributed by atoms with E-state index in [1.807, 2.05) is 0 Å². The molecule has 0 atom stereocenters. The molecule has 0 bridgehead atoms. The predicted octanol–water partition coefficient (Wildman–Crippen LogP) is 15.6. The summed E-state index contributed by atoms with van der Waals surface area (Å²) in [5.41, 5.74) is 39.3. The maximum Gasteiger partial charge on any atom is 0.248 e. The summed E-state index contributed by atoms with van der Waals surface area (Å²) in [6, 6.07) is 66.9. The van der Waals surface area contributed by atoms with Crippen LogP contribution in [0.15, 0.2) is 170 Å². The van der Waals surface area contributed by atoms with Crippen LogP contribution in [-0.4, -0.2) is 13.4 Å². The van der Waals surface area contributed by atoms with Crippen LogP contribution >= 0.6 is 0 Å². The van der Waals surface area contributed by atoms with Gasteiger partial charge in [0.25, 0.3) is 0 Å². The number of rotatable bonds is 4. The maximum atomic E-state index is 2.70. The van der Waals surface area contributed by atoms with Gasteiger partial charge in [0.05, 0.1) is 0 Å². The highest BCUT2D eigenvalue weighted by Gasteiger charge is 2.46. The fourth-order valence-corrected chi connectivity index (χ4v) is 15.9. The van der Waals surface area contributed by atoms with Crippen molar-refractivity contribution in [3.8, 4) is 44.5 Å². The average molecular weight is 997 g/mol. The largest absolute Gasteiger partial charge is 0.311 e. The predicted molar refractivity (Wildman–Crippen MR) is 338 cm³/mol. The number of hydrogen-bond donors (Lipinski definition) is 0. The summed E-state index contributed by atoms with van der Waals surface area (Å²) in [5, 5.41) is 8.28. The van der Waals surface area contributed by atoms with Gasteiger partial charge in [-0.05, 0) is 273 Å². The summed E-state index contributed by atoms with van der Waals surface area (Å²) in [4.78, 5) is 5.12. The van der Waals surface area contributed by atoms with Crippen molar-refractivity contribution in [1.82, 2.24) is 0 Å². The van der Waals surface area contributed by atoms with Crippen molar-refractivity contribution in [2.24, 2.45) is 0 Å². The Labute approximate surface area is 459 Å². The first-order chi connectivity index (χ1) is 37.8. The molecule has 4 aliphatic rings. The van der Waals surface area contributed by atoms with Gasteiger partial charge in [0, 0.05) is 34.1 Å². The molecule has 2 nitrogen and oxygen atoms in total. The minimum absolute atomic E-state index is 0.00226. The minimum Gasteiger partial charge on any atom is -0.311 e. The first-order valence-corrected chi connectivity index (χ1v) is 28.0. The van der Waals surface area contributed by atoms with Gasteiger partial charge >= 0.3 is 0 Å². The summed E-state index contributed by atoms with van der Waals surface area (Å²) >= 11 is 0. The first-order valence-electron chi connectivity index (χ1n) is 28.0. The van der Waals surface area contributed by atoms with Gasteiger partial charge in [0.2, 0.25) is 13.4 Å². The zero-order valence-corrected chi connectivity index (χ0v) is 46.2. The Kier molecular flexibility index (Phi) is 9.35. The third kappa shape index (κ3) is 6.06. The Morgan fingerprint density at radius 2 is 0.628 bits per heavy atom. The average Bonchev–Trinajstić information content (AvgIpc) is 1.72. The monoisotopic (exact) mass is 996 g/mol. The molecule has 0 spiro atoms. The van der Waals surface area contributed by atoms with Gasteiger partial charge in [0.15, 0.2) is 0 Å². The van der Waals surface area contributed by atoms with Gasteiger partial charge in [-0.1, -0.05) is 131 Å². The SMILES string of the molecule is Cc1cc(C)c(-c2cc3c4c(cc5c(-c6c(C)cc(C)cc6C)cc6c7c(cc2c4c57)B2c4ccc(C)cc4N(c4ccccc4)c4cc(C)cc-6c42)B2c4ccc(C)cc4N(c4ccccc4)c4cc(C)cc-3c42)c(C)c1. The lowest BCUT2D eigenvalue weighted by molar-refractivity contribution is 1.27. The highest BCUT2D eigenvalue weighted by molar-refractivity contribution is 7.02. The number of nitrogens with zero attached hydrogens (tertiary/aromatic N) is 2. The molecule has 0 fully saturated rings. The fourth-order valence-electron chi connectivity index (χ4n) is 15.9. The molecule has 0 unspecified atom stereocenters. The Morgan fingerprint density at radius 3 is 1.01 bits per heavy atom. The smallest absolute Gasteiger partial charge is 0.248 e. The molecular weight excluding hydrogens is 938 g/mol. The van der Waals surface area contributed by atoms with Crippen LogP contribution in [0.1, 0.15) is 55.6 Å². The van der Waals surface area contributed by atoms with Crippen LogP contribution in [0.25, 0.3) is 76.8 Å². The fraction of sp³-hybridized carbons (Fsp3) is 0.135. The van der Waals surface area contributed by atoms with Crippen LogP contribution < -0.4 is 42.6 Å². The van der Waals surface area contributed by atoms with E-state index in [1.54, 1.807) is 0 Å². The van der Waals surface area contributed by atoms with Crippen LogP contribution in [0.5, 0.6) is 0 Å².